The molecule has 0 aromatic rings. The molecule has 2 atom stereocenters. The number of likely N-dealkylation sites (N-methyl/N-ethyl adjacent to an activating group) is 1. The number of nitrogens with zero attached hydrogens (tertiary/aromatic N) is 1. The van der Waals surface area contributed by atoms with Gasteiger partial charge in [0.05, 0.1) is 17.8 Å². The van der Waals surface area contributed by atoms with Crippen molar-refractivity contribution in [3.8, 4) is 0 Å². The molecule has 0 saturated carbocycles. The van der Waals surface area contributed by atoms with Gasteiger partial charge in [0.15, 0.2) is 0 Å². The minimum absolute atomic E-state index is 0.359. The molecule has 0 aromatic heterocycles. The van der Waals surface area contributed by atoms with E-state index in [-0.39, 0.29) is 0 Å². The fourth-order valence-corrected chi connectivity index (χ4v) is 2.09. The van der Waals surface area contributed by atoms with Crippen LogP contribution in [0.3, 0.4) is 0 Å². The maximum Gasteiger partial charge on any atom is 0.0718 e. The smallest absolute Gasteiger partial charge is 0.0718 e. The maximum atomic E-state index is 9.63. The zero-order chi connectivity index (χ0) is 10.8. The first-order valence-electron chi connectivity index (χ1n) is 5.43. The van der Waals surface area contributed by atoms with E-state index in [1.165, 1.54) is 6.42 Å². The van der Waals surface area contributed by atoms with Gasteiger partial charge < -0.3 is 14.7 Å². The molecule has 1 heterocycles. The van der Waals surface area contributed by atoms with Crippen LogP contribution >= 0.6 is 0 Å². The number of aliphatic hydroxyl groups is 1. The number of rotatable bonds is 4. The average Bonchev–Trinajstić information content (AvgIpc) is 2.30. The Morgan fingerprint density at radius 1 is 1.43 bits per heavy atom. The van der Waals surface area contributed by atoms with Crippen LogP contribution in [0.1, 0.15) is 33.6 Å². The second kappa shape index (κ2) is 4.60. The van der Waals surface area contributed by atoms with Crippen molar-refractivity contribution in [2.45, 2.75) is 51.4 Å². The van der Waals surface area contributed by atoms with Crippen molar-refractivity contribution in [3.05, 3.63) is 0 Å². The summed E-state index contributed by atoms with van der Waals surface area (Å²) in [7, 11) is 2.03. The molecule has 1 rings (SSSR count). The summed E-state index contributed by atoms with van der Waals surface area (Å²) in [6.45, 7) is 7.41. The molecule has 0 radical (unpaired) electrons. The van der Waals surface area contributed by atoms with Gasteiger partial charge in [0.1, 0.15) is 0 Å². The quantitative estimate of drug-likeness (QED) is 0.743. The summed E-state index contributed by atoms with van der Waals surface area (Å²) >= 11 is 0. The lowest BCUT2D eigenvalue weighted by molar-refractivity contribution is 0.00644. The highest BCUT2D eigenvalue weighted by molar-refractivity contribution is 4.76. The molecule has 0 aliphatic carbocycles. The van der Waals surface area contributed by atoms with Gasteiger partial charge >= 0.3 is 0 Å². The Morgan fingerprint density at radius 3 is 2.50 bits per heavy atom. The van der Waals surface area contributed by atoms with Gasteiger partial charge in [-0.2, -0.15) is 0 Å². The molecule has 1 saturated heterocycles. The van der Waals surface area contributed by atoms with Gasteiger partial charge in [-0.3, -0.25) is 0 Å². The van der Waals surface area contributed by atoms with E-state index < -0.39 is 5.60 Å². The van der Waals surface area contributed by atoms with Crippen LogP contribution in [-0.2, 0) is 4.74 Å². The van der Waals surface area contributed by atoms with Crippen LogP contribution in [-0.4, -0.2) is 48.0 Å². The van der Waals surface area contributed by atoms with E-state index in [1.807, 2.05) is 20.9 Å². The third-order valence-corrected chi connectivity index (χ3v) is 2.49. The topological polar surface area (TPSA) is 32.7 Å². The minimum Gasteiger partial charge on any atom is -0.389 e. The second-order valence-electron chi connectivity index (χ2n) is 5.16. The van der Waals surface area contributed by atoms with Gasteiger partial charge in [-0.25, -0.2) is 0 Å². The Morgan fingerprint density at radius 2 is 2.07 bits per heavy atom. The first kappa shape index (κ1) is 12.0. The predicted octanol–water partition coefficient (Wildman–Crippen LogP) is 1.26. The monoisotopic (exact) mass is 201 g/mol. The molecule has 1 N–H and O–H groups in total. The lowest BCUT2D eigenvalue weighted by Crippen LogP contribution is -2.39. The van der Waals surface area contributed by atoms with Gasteiger partial charge in [0.25, 0.3) is 0 Å². The summed E-state index contributed by atoms with van der Waals surface area (Å²) in [6, 6.07) is 0. The SMILES string of the molecule is CC1CCC(CN(C)CC(C)(C)O)O1. The summed E-state index contributed by atoms with van der Waals surface area (Å²) in [5, 5.41) is 9.63. The summed E-state index contributed by atoms with van der Waals surface area (Å²) < 4.78 is 5.72. The summed E-state index contributed by atoms with van der Waals surface area (Å²) in [6.07, 6.45) is 3.09. The number of hydrogen-bond donors (Lipinski definition) is 1. The van der Waals surface area contributed by atoms with Crippen molar-refractivity contribution >= 4 is 0 Å². The van der Waals surface area contributed by atoms with E-state index in [0.717, 1.165) is 13.0 Å². The van der Waals surface area contributed by atoms with Gasteiger partial charge in [-0.15, -0.1) is 0 Å². The van der Waals surface area contributed by atoms with Crippen molar-refractivity contribution in [1.82, 2.24) is 4.90 Å². The van der Waals surface area contributed by atoms with Crippen molar-refractivity contribution in [2.24, 2.45) is 0 Å². The summed E-state index contributed by atoms with van der Waals surface area (Å²) in [4.78, 5) is 2.14. The zero-order valence-electron chi connectivity index (χ0n) is 9.79. The molecule has 0 bridgehead atoms. The first-order chi connectivity index (χ1) is 6.37. The minimum atomic E-state index is -0.612. The van der Waals surface area contributed by atoms with Crippen molar-refractivity contribution in [1.29, 1.82) is 0 Å². The highest BCUT2D eigenvalue weighted by atomic mass is 16.5. The lowest BCUT2D eigenvalue weighted by Gasteiger charge is -2.27. The molecule has 2 unspecified atom stereocenters. The largest absolute Gasteiger partial charge is 0.389 e. The van der Waals surface area contributed by atoms with Crippen molar-refractivity contribution < 1.29 is 9.84 Å². The molecule has 3 nitrogen and oxygen atoms in total. The van der Waals surface area contributed by atoms with Gasteiger partial charge in [-0.1, -0.05) is 0 Å². The maximum absolute atomic E-state index is 9.63. The first-order valence-corrected chi connectivity index (χ1v) is 5.43. The summed E-state index contributed by atoms with van der Waals surface area (Å²) in [5.74, 6) is 0. The van der Waals surface area contributed by atoms with E-state index in [1.54, 1.807) is 0 Å². The zero-order valence-corrected chi connectivity index (χ0v) is 9.79. The molecule has 84 valence electrons. The highest BCUT2D eigenvalue weighted by Crippen LogP contribution is 2.19. The van der Waals surface area contributed by atoms with E-state index in [2.05, 4.69) is 11.8 Å². The van der Waals surface area contributed by atoms with Crippen LogP contribution in [0.15, 0.2) is 0 Å². The van der Waals surface area contributed by atoms with Gasteiger partial charge in [-0.05, 0) is 40.7 Å². The third kappa shape index (κ3) is 4.40. The van der Waals surface area contributed by atoms with Gasteiger partial charge in [0.2, 0.25) is 0 Å². The predicted molar refractivity (Wildman–Crippen MR) is 57.4 cm³/mol. The molecule has 3 heteroatoms. The van der Waals surface area contributed by atoms with Gasteiger partial charge in [0, 0.05) is 13.1 Å². The Kier molecular flexibility index (Phi) is 3.93. The number of hydrogen-bond acceptors (Lipinski definition) is 3. The molecule has 0 amide bonds. The fraction of sp³-hybridized carbons (Fsp3) is 1.00. The molecular weight excluding hydrogens is 178 g/mol. The molecule has 1 aliphatic heterocycles. The molecule has 0 spiro atoms. The average molecular weight is 201 g/mol. The van der Waals surface area contributed by atoms with Crippen LogP contribution in [0.5, 0.6) is 0 Å². The van der Waals surface area contributed by atoms with E-state index >= 15 is 0 Å². The molecule has 14 heavy (non-hydrogen) atoms. The van der Waals surface area contributed by atoms with Crippen LogP contribution in [0.25, 0.3) is 0 Å². The van der Waals surface area contributed by atoms with Crippen LogP contribution in [0.2, 0.25) is 0 Å². The second-order valence-corrected chi connectivity index (χ2v) is 5.16. The van der Waals surface area contributed by atoms with Crippen molar-refractivity contribution in [2.75, 3.05) is 20.1 Å². The van der Waals surface area contributed by atoms with E-state index in [9.17, 15) is 5.11 Å². The van der Waals surface area contributed by atoms with E-state index in [0.29, 0.717) is 18.8 Å². The van der Waals surface area contributed by atoms with Crippen molar-refractivity contribution in [3.63, 3.8) is 0 Å². The molecule has 1 fully saturated rings. The molecule has 1 aliphatic rings. The van der Waals surface area contributed by atoms with Crippen LogP contribution in [0, 0.1) is 0 Å². The third-order valence-electron chi connectivity index (χ3n) is 2.49. The molecular formula is C11H23NO2. The van der Waals surface area contributed by atoms with Crippen LogP contribution < -0.4 is 0 Å². The Labute approximate surface area is 87.1 Å². The Hall–Kier alpha value is -0.120. The Balaban J connectivity index is 2.24. The lowest BCUT2D eigenvalue weighted by atomic mass is 10.1. The standard InChI is InChI=1S/C11H23NO2/c1-9-5-6-10(14-9)7-12(4)8-11(2,3)13/h9-10,13H,5-8H2,1-4H3. The fourth-order valence-electron chi connectivity index (χ4n) is 2.09. The number of ether oxygens (including phenoxy) is 1. The Bertz CT molecular complexity index is 177. The molecule has 0 aromatic carbocycles. The highest BCUT2D eigenvalue weighted by Gasteiger charge is 2.24. The summed E-state index contributed by atoms with van der Waals surface area (Å²) in [5.41, 5.74) is -0.612. The van der Waals surface area contributed by atoms with E-state index in [4.69, 9.17) is 4.74 Å². The normalized spacial score (nSPS) is 28.7. The van der Waals surface area contributed by atoms with Crippen LogP contribution in [0.4, 0.5) is 0 Å².